The molecule has 1 aliphatic heterocycles. The molecule has 0 aliphatic carbocycles. The lowest BCUT2D eigenvalue weighted by Crippen LogP contribution is -2.34. The van der Waals surface area contributed by atoms with Crippen LogP contribution in [0.1, 0.15) is 20.8 Å². The van der Waals surface area contributed by atoms with Crippen molar-refractivity contribution >= 4 is 5.97 Å². The number of rotatable bonds is 1. The van der Waals surface area contributed by atoms with Crippen LogP contribution in [0.3, 0.4) is 0 Å². The van der Waals surface area contributed by atoms with Crippen LogP contribution in [-0.4, -0.2) is 22.8 Å². The van der Waals surface area contributed by atoms with Gasteiger partial charge in [0.2, 0.25) is 0 Å². The fraction of sp³-hybridized carbons (Fsp3) is 0.625. The highest BCUT2D eigenvalue weighted by Gasteiger charge is 2.38. The van der Waals surface area contributed by atoms with Gasteiger partial charge in [-0.3, -0.25) is 0 Å². The quantitative estimate of drug-likeness (QED) is 0.580. The van der Waals surface area contributed by atoms with Gasteiger partial charge in [-0.1, -0.05) is 0 Å². The first-order valence-corrected chi connectivity index (χ1v) is 3.56. The average Bonchev–Trinajstić information content (AvgIpc) is 2.09. The molecule has 1 N–H and O–H groups in total. The van der Waals surface area contributed by atoms with Crippen molar-refractivity contribution in [2.75, 3.05) is 0 Å². The van der Waals surface area contributed by atoms with E-state index in [2.05, 4.69) is 0 Å². The zero-order chi connectivity index (χ0) is 8.65. The van der Waals surface area contributed by atoms with Crippen molar-refractivity contribution in [2.45, 2.75) is 32.5 Å². The van der Waals surface area contributed by atoms with E-state index >= 15 is 0 Å². The second kappa shape index (κ2) is 2.34. The van der Waals surface area contributed by atoms with Crippen molar-refractivity contribution in [3.8, 4) is 0 Å². The summed E-state index contributed by atoms with van der Waals surface area (Å²) < 4.78 is 5.23. The predicted octanol–water partition coefficient (Wildman–Crippen LogP) is 1.19. The predicted molar refractivity (Wildman–Crippen MR) is 40.3 cm³/mol. The van der Waals surface area contributed by atoms with E-state index in [9.17, 15) is 4.79 Å². The van der Waals surface area contributed by atoms with E-state index in [1.165, 1.54) is 0 Å². The summed E-state index contributed by atoms with van der Waals surface area (Å²) in [7, 11) is 0. The van der Waals surface area contributed by atoms with Crippen LogP contribution in [0.2, 0.25) is 0 Å². The summed E-state index contributed by atoms with van der Waals surface area (Å²) in [6.45, 7) is 5.28. The molecule has 0 aromatic rings. The van der Waals surface area contributed by atoms with Crippen molar-refractivity contribution in [3.05, 3.63) is 11.6 Å². The number of carbonyl (C=O) groups is 1. The van der Waals surface area contributed by atoms with E-state index in [1.807, 2.05) is 13.8 Å². The van der Waals surface area contributed by atoms with Crippen molar-refractivity contribution in [1.29, 1.82) is 0 Å². The van der Waals surface area contributed by atoms with Crippen LogP contribution in [0, 0.1) is 0 Å². The Labute approximate surface area is 65.7 Å². The van der Waals surface area contributed by atoms with Gasteiger partial charge in [0.05, 0.1) is 6.10 Å². The fourth-order valence-electron chi connectivity index (χ4n) is 1.16. The highest BCUT2D eigenvalue weighted by atomic mass is 16.5. The zero-order valence-corrected chi connectivity index (χ0v) is 6.92. The molecule has 0 amide bonds. The smallest absolute Gasteiger partial charge is 0.339 e. The van der Waals surface area contributed by atoms with Gasteiger partial charge in [0.15, 0.2) is 5.60 Å². The highest BCUT2D eigenvalue weighted by molar-refractivity contribution is 5.80. The number of hydrogen-bond donors (Lipinski definition) is 1. The van der Waals surface area contributed by atoms with Gasteiger partial charge in [-0.25, -0.2) is 4.79 Å². The summed E-state index contributed by atoms with van der Waals surface area (Å²) in [4.78, 5) is 10.6. The fourth-order valence-corrected chi connectivity index (χ4v) is 1.16. The van der Waals surface area contributed by atoms with Gasteiger partial charge in [0.1, 0.15) is 0 Å². The molecule has 3 heteroatoms. The van der Waals surface area contributed by atoms with Gasteiger partial charge >= 0.3 is 5.97 Å². The van der Waals surface area contributed by atoms with Crippen LogP contribution < -0.4 is 0 Å². The molecule has 2 atom stereocenters. The standard InChI is InChI=1S/C8H12O3/c1-5-4-8(3,7(9)10)11-6(5)2/h4,6H,1-3H3,(H,9,10)/t6-,8+/m1/s1. The lowest BCUT2D eigenvalue weighted by Gasteiger charge is -2.17. The van der Waals surface area contributed by atoms with E-state index < -0.39 is 11.6 Å². The second-order valence-corrected chi connectivity index (χ2v) is 3.06. The largest absolute Gasteiger partial charge is 0.479 e. The maximum absolute atomic E-state index is 10.6. The average molecular weight is 156 g/mol. The summed E-state index contributed by atoms with van der Waals surface area (Å²) in [5.41, 5.74) is -0.126. The Morgan fingerprint density at radius 3 is 2.55 bits per heavy atom. The number of carboxylic acid groups (broad SMARTS) is 1. The van der Waals surface area contributed by atoms with Crippen molar-refractivity contribution in [2.24, 2.45) is 0 Å². The molecule has 0 unspecified atom stereocenters. The Kier molecular flexibility index (Phi) is 1.76. The van der Waals surface area contributed by atoms with Crippen LogP contribution in [0.4, 0.5) is 0 Å². The van der Waals surface area contributed by atoms with Crippen LogP contribution in [-0.2, 0) is 9.53 Å². The van der Waals surface area contributed by atoms with E-state index in [-0.39, 0.29) is 6.10 Å². The van der Waals surface area contributed by atoms with Gasteiger partial charge in [-0.2, -0.15) is 0 Å². The minimum Gasteiger partial charge on any atom is -0.479 e. The lowest BCUT2D eigenvalue weighted by molar-refractivity contribution is -0.157. The van der Waals surface area contributed by atoms with Crippen LogP contribution >= 0.6 is 0 Å². The lowest BCUT2D eigenvalue weighted by atomic mass is 10.1. The Hall–Kier alpha value is -0.830. The third-order valence-electron chi connectivity index (χ3n) is 1.99. The maximum atomic E-state index is 10.6. The molecule has 11 heavy (non-hydrogen) atoms. The number of ether oxygens (including phenoxy) is 1. The maximum Gasteiger partial charge on any atom is 0.339 e. The number of carboxylic acids is 1. The first-order chi connectivity index (χ1) is 4.96. The zero-order valence-electron chi connectivity index (χ0n) is 6.92. The summed E-state index contributed by atoms with van der Waals surface area (Å²) >= 11 is 0. The van der Waals surface area contributed by atoms with Crippen LogP contribution in [0.15, 0.2) is 11.6 Å². The SMILES string of the molecule is CC1=C[C@@](C)(C(=O)O)O[C@@H]1C. The normalized spacial score (nSPS) is 37.0. The second-order valence-electron chi connectivity index (χ2n) is 3.06. The molecule has 0 aromatic heterocycles. The van der Waals surface area contributed by atoms with E-state index in [0.29, 0.717) is 0 Å². The Morgan fingerprint density at radius 1 is 1.82 bits per heavy atom. The van der Waals surface area contributed by atoms with Gasteiger partial charge < -0.3 is 9.84 Å². The third-order valence-corrected chi connectivity index (χ3v) is 1.99. The molecule has 1 rings (SSSR count). The third kappa shape index (κ3) is 1.28. The number of hydrogen-bond acceptors (Lipinski definition) is 2. The monoisotopic (exact) mass is 156 g/mol. The van der Waals surface area contributed by atoms with Gasteiger partial charge in [0, 0.05) is 0 Å². The van der Waals surface area contributed by atoms with Crippen LogP contribution in [0.25, 0.3) is 0 Å². The minimum absolute atomic E-state index is 0.0731. The topological polar surface area (TPSA) is 46.5 Å². The Bertz CT molecular complexity index is 219. The molecule has 1 heterocycles. The molecule has 0 radical (unpaired) electrons. The number of aliphatic carboxylic acids is 1. The van der Waals surface area contributed by atoms with E-state index in [0.717, 1.165) is 5.57 Å². The minimum atomic E-state index is -1.11. The van der Waals surface area contributed by atoms with Crippen molar-refractivity contribution in [3.63, 3.8) is 0 Å². The molecule has 3 nitrogen and oxygen atoms in total. The first-order valence-electron chi connectivity index (χ1n) is 3.56. The Morgan fingerprint density at radius 2 is 2.36 bits per heavy atom. The Balaban J connectivity index is 2.88. The molecule has 0 bridgehead atoms. The van der Waals surface area contributed by atoms with Crippen molar-refractivity contribution in [1.82, 2.24) is 0 Å². The molecule has 1 aliphatic rings. The van der Waals surface area contributed by atoms with E-state index in [4.69, 9.17) is 9.84 Å². The summed E-state index contributed by atoms with van der Waals surface area (Å²) in [5, 5.41) is 8.74. The van der Waals surface area contributed by atoms with Crippen LogP contribution in [0.5, 0.6) is 0 Å². The molecule has 0 spiro atoms. The first kappa shape index (κ1) is 8.27. The summed E-state index contributed by atoms with van der Waals surface area (Å²) in [6.07, 6.45) is 1.58. The van der Waals surface area contributed by atoms with Gasteiger partial charge in [0.25, 0.3) is 0 Å². The molecule has 0 saturated heterocycles. The van der Waals surface area contributed by atoms with E-state index in [1.54, 1.807) is 13.0 Å². The summed E-state index contributed by atoms with van der Waals surface area (Å²) in [6, 6.07) is 0. The molecule has 0 aromatic carbocycles. The highest BCUT2D eigenvalue weighted by Crippen LogP contribution is 2.28. The molecule has 62 valence electrons. The van der Waals surface area contributed by atoms with Crippen molar-refractivity contribution < 1.29 is 14.6 Å². The molecule has 0 fully saturated rings. The molecular weight excluding hydrogens is 144 g/mol. The molecule has 0 saturated carbocycles. The summed E-state index contributed by atoms with van der Waals surface area (Å²) in [5.74, 6) is -0.929. The van der Waals surface area contributed by atoms with Gasteiger partial charge in [-0.15, -0.1) is 0 Å². The van der Waals surface area contributed by atoms with Gasteiger partial charge in [-0.05, 0) is 32.4 Å². The molecular formula is C8H12O3.